The predicted octanol–water partition coefficient (Wildman–Crippen LogP) is 4.00. The van der Waals surface area contributed by atoms with Crippen LogP contribution in [0.15, 0.2) is 18.2 Å². The summed E-state index contributed by atoms with van der Waals surface area (Å²) in [4.78, 5) is 23.5. The van der Waals surface area contributed by atoms with Crippen LogP contribution in [-0.2, 0) is 23.8 Å². The Balaban J connectivity index is 1.65. The van der Waals surface area contributed by atoms with Gasteiger partial charge in [0.2, 0.25) is 11.9 Å². The zero-order valence-electron chi connectivity index (χ0n) is 17.6. The Labute approximate surface area is 179 Å². The first-order valence-electron chi connectivity index (χ1n) is 10.6. The highest BCUT2D eigenvalue weighted by molar-refractivity contribution is 5.79. The van der Waals surface area contributed by atoms with E-state index in [9.17, 15) is 18.0 Å². The van der Waals surface area contributed by atoms with Gasteiger partial charge in [-0.2, -0.15) is 18.2 Å². The van der Waals surface area contributed by atoms with Gasteiger partial charge in [-0.05, 0) is 56.7 Å². The van der Waals surface area contributed by atoms with Crippen molar-refractivity contribution < 1.29 is 18.0 Å². The molecule has 2 aromatic rings. The van der Waals surface area contributed by atoms with Crippen LogP contribution in [-0.4, -0.2) is 36.0 Å². The average Bonchev–Trinajstić information content (AvgIpc) is 3.22. The summed E-state index contributed by atoms with van der Waals surface area (Å²) in [6.45, 7) is 2.81. The number of hydrogen-bond donors (Lipinski definition) is 2. The molecule has 1 fully saturated rings. The minimum Gasteiger partial charge on any atom is -0.359 e. The molecule has 2 aliphatic rings. The van der Waals surface area contributed by atoms with Crippen LogP contribution in [0, 0.1) is 12.8 Å². The van der Waals surface area contributed by atoms with Crippen molar-refractivity contribution in [3.63, 3.8) is 0 Å². The molecule has 0 saturated carbocycles. The first kappa shape index (κ1) is 21.4. The Bertz CT molecular complexity index is 992. The molecule has 0 spiro atoms. The number of carbonyl (C=O) groups excluding carboxylic acids is 1. The van der Waals surface area contributed by atoms with Crippen molar-refractivity contribution in [3.05, 3.63) is 40.6 Å². The fourth-order valence-electron chi connectivity index (χ4n) is 4.45. The van der Waals surface area contributed by atoms with Gasteiger partial charge in [0.1, 0.15) is 5.82 Å². The Morgan fingerprint density at radius 2 is 2.00 bits per heavy atom. The lowest BCUT2D eigenvalue weighted by molar-refractivity contribution is -0.138. The number of aromatic nitrogens is 2. The summed E-state index contributed by atoms with van der Waals surface area (Å²) in [6, 6.07) is 4.13. The second kappa shape index (κ2) is 8.36. The third-order valence-corrected chi connectivity index (χ3v) is 6.05. The molecule has 1 atom stereocenters. The van der Waals surface area contributed by atoms with Gasteiger partial charge in [0.25, 0.3) is 0 Å². The zero-order valence-corrected chi connectivity index (χ0v) is 17.6. The van der Waals surface area contributed by atoms with E-state index >= 15 is 0 Å². The molecule has 2 heterocycles. The minimum atomic E-state index is -4.42. The largest absolute Gasteiger partial charge is 0.416 e. The van der Waals surface area contributed by atoms with Crippen LogP contribution in [0.25, 0.3) is 0 Å². The molecule has 166 valence electrons. The number of piperidine rings is 1. The van der Waals surface area contributed by atoms with E-state index < -0.39 is 11.7 Å². The monoisotopic (exact) mass is 433 g/mol. The quantitative estimate of drug-likeness (QED) is 0.763. The number of aryl methyl sites for hydroxylation is 2. The minimum absolute atomic E-state index is 0.0214. The van der Waals surface area contributed by atoms with Crippen LogP contribution in [0.5, 0.6) is 0 Å². The van der Waals surface area contributed by atoms with Crippen molar-refractivity contribution in [1.29, 1.82) is 0 Å². The van der Waals surface area contributed by atoms with E-state index in [2.05, 4.69) is 25.5 Å². The third kappa shape index (κ3) is 4.45. The Morgan fingerprint density at radius 1 is 1.19 bits per heavy atom. The molecule has 1 saturated heterocycles. The lowest BCUT2D eigenvalue weighted by Gasteiger charge is -2.34. The number of fused-ring (bicyclic) bond motifs is 1. The average molecular weight is 433 g/mol. The van der Waals surface area contributed by atoms with Gasteiger partial charge in [-0.3, -0.25) is 4.79 Å². The van der Waals surface area contributed by atoms with Crippen molar-refractivity contribution in [2.24, 2.45) is 5.92 Å². The summed E-state index contributed by atoms with van der Waals surface area (Å²) in [5, 5.41) is 5.69. The first-order chi connectivity index (χ1) is 14.8. The molecule has 2 N–H and O–H groups in total. The Hall–Kier alpha value is -2.84. The maximum absolute atomic E-state index is 13.3. The van der Waals surface area contributed by atoms with Crippen LogP contribution in [0.1, 0.15) is 41.6 Å². The number of halogens is 3. The Morgan fingerprint density at radius 3 is 2.74 bits per heavy atom. The summed E-state index contributed by atoms with van der Waals surface area (Å²) in [6.07, 6.45) is -0.0578. The SMILES string of the molecule is CNC(=O)C1CCCN(c2nc(Nc3ccc(C)c(C(F)(F)F)c3)nc3c2CCC3)C1. The van der Waals surface area contributed by atoms with E-state index in [-0.39, 0.29) is 23.3 Å². The number of carbonyl (C=O) groups is 1. The molecule has 0 radical (unpaired) electrons. The molecule has 6 nitrogen and oxygen atoms in total. The second-order valence-electron chi connectivity index (χ2n) is 8.20. The van der Waals surface area contributed by atoms with E-state index in [1.807, 2.05) is 0 Å². The van der Waals surface area contributed by atoms with E-state index in [0.717, 1.165) is 61.8 Å². The first-order valence-corrected chi connectivity index (χ1v) is 10.6. The van der Waals surface area contributed by atoms with Gasteiger partial charge in [-0.15, -0.1) is 0 Å². The molecule has 4 rings (SSSR count). The van der Waals surface area contributed by atoms with Gasteiger partial charge < -0.3 is 15.5 Å². The van der Waals surface area contributed by atoms with Gasteiger partial charge in [0.15, 0.2) is 0 Å². The standard InChI is InChI=1S/C22H26F3N5O/c1-13-8-9-15(11-17(13)22(23,24)25)27-21-28-18-7-3-6-16(18)19(29-21)30-10-4-5-14(12-30)20(31)26-2/h8-9,11,14H,3-7,10,12H2,1-2H3,(H,26,31)(H,27,28,29). The predicted molar refractivity (Wildman–Crippen MR) is 113 cm³/mol. The fraction of sp³-hybridized carbons (Fsp3) is 0.500. The smallest absolute Gasteiger partial charge is 0.359 e. The third-order valence-electron chi connectivity index (χ3n) is 6.05. The number of amides is 1. The van der Waals surface area contributed by atoms with Crippen molar-refractivity contribution >= 4 is 23.4 Å². The van der Waals surface area contributed by atoms with Gasteiger partial charge in [0, 0.05) is 31.4 Å². The lowest BCUT2D eigenvalue weighted by Crippen LogP contribution is -2.43. The highest BCUT2D eigenvalue weighted by Gasteiger charge is 2.33. The van der Waals surface area contributed by atoms with Crippen LogP contribution >= 0.6 is 0 Å². The molecule has 9 heteroatoms. The number of alkyl halides is 3. The zero-order chi connectivity index (χ0) is 22.2. The van der Waals surface area contributed by atoms with E-state index in [4.69, 9.17) is 0 Å². The van der Waals surface area contributed by atoms with E-state index in [1.54, 1.807) is 13.1 Å². The lowest BCUT2D eigenvalue weighted by atomic mass is 9.97. The van der Waals surface area contributed by atoms with Gasteiger partial charge in [-0.1, -0.05) is 6.07 Å². The molecular formula is C22H26F3N5O. The topological polar surface area (TPSA) is 70.2 Å². The molecule has 0 bridgehead atoms. The highest BCUT2D eigenvalue weighted by Crippen LogP contribution is 2.35. The number of rotatable bonds is 4. The van der Waals surface area contributed by atoms with Gasteiger partial charge in [-0.25, -0.2) is 4.98 Å². The van der Waals surface area contributed by atoms with Crippen molar-refractivity contribution in [1.82, 2.24) is 15.3 Å². The number of benzene rings is 1. The van der Waals surface area contributed by atoms with Crippen molar-refractivity contribution in [2.45, 2.75) is 45.2 Å². The van der Waals surface area contributed by atoms with E-state index in [1.165, 1.54) is 13.0 Å². The van der Waals surface area contributed by atoms with E-state index in [0.29, 0.717) is 12.2 Å². The van der Waals surface area contributed by atoms with Crippen LogP contribution < -0.4 is 15.5 Å². The molecule has 1 unspecified atom stereocenters. The fourth-order valence-corrected chi connectivity index (χ4v) is 4.45. The number of nitrogens with one attached hydrogen (secondary N) is 2. The van der Waals surface area contributed by atoms with Gasteiger partial charge in [0.05, 0.1) is 17.2 Å². The van der Waals surface area contributed by atoms with Gasteiger partial charge >= 0.3 is 6.18 Å². The molecule has 1 aromatic carbocycles. The number of anilines is 3. The number of hydrogen-bond acceptors (Lipinski definition) is 5. The molecule has 1 amide bonds. The summed E-state index contributed by atoms with van der Waals surface area (Å²) < 4.78 is 39.9. The maximum atomic E-state index is 13.3. The normalized spacial score (nSPS) is 18.6. The maximum Gasteiger partial charge on any atom is 0.416 e. The number of nitrogens with zero attached hydrogens (tertiary/aromatic N) is 3. The summed E-state index contributed by atoms with van der Waals surface area (Å²) >= 11 is 0. The summed E-state index contributed by atoms with van der Waals surface area (Å²) in [7, 11) is 1.64. The second-order valence-corrected chi connectivity index (χ2v) is 8.20. The van der Waals surface area contributed by atoms with Crippen LogP contribution in [0.2, 0.25) is 0 Å². The molecule has 1 aromatic heterocycles. The molecule has 1 aliphatic carbocycles. The Kier molecular flexibility index (Phi) is 5.77. The molecular weight excluding hydrogens is 407 g/mol. The highest BCUT2D eigenvalue weighted by atomic mass is 19.4. The van der Waals surface area contributed by atoms with Crippen LogP contribution in [0.4, 0.5) is 30.6 Å². The van der Waals surface area contributed by atoms with Crippen LogP contribution in [0.3, 0.4) is 0 Å². The summed E-state index contributed by atoms with van der Waals surface area (Å²) in [5.41, 5.74) is 1.80. The summed E-state index contributed by atoms with van der Waals surface area (Å²) in [5.74, 6) is 0.998. The van der Waals surface area contributed by atoms with Crippen molar-refractivity contribution in [2.75, 3.05) is 30.4 Å². The molecule has 31 heavy (non-hydrogen) atoms. The molecule has 1 aliphatic heterocycles. The van der Waals surface area contributed by atoms with Crippen molar-refractivity contribution in [3.8, 4) is 0 Å².